The standard InChI is InChI=1S/C14H19BrFNO/c15-13-10-12(6-7-14(13)16)18-9-3-8-17-11-4-1-2-5-11/h6-7,10-11,17H,1-5,8-9H2. The van der Waals surface area contributed by atoms with Crippen molar-refractivity contribution in [3.05, 3.63) is 28.5 Å². The predicted octanol–water partition coefficient (Wildman–Crippen LogP) is 3.89. The molecule has 0 unspecified atom stereocenters. The van der Waals surface area contributed by atoms with Gasteiger partial charge in [-0.1, -0.05) is 12.8 Å². The van der Waals surface area contributed by atoms with Gasteiger partial charge in [0.2, 0.25) is 0 Å². The van der Waals surface area contributed by atoms with Crippen molar-refractivity contribution in [3.8, 4) is 5.75 Å². The minimum absolute atomic E-state index is 0.259. The molecule has 2 rings (SSSR count). The molecular weight excluding hydrogens is 297 g/mol. The van der Waals surface area contributed by atoms with E-state index in [1.165, 1.54) is 31.7 Å². The Morgan fingerprint density at radius 2 is 2.11 bits per heavy atom. The number of hydrogen-bond acceptors (Lipinski definition) is 2. The fourth-order valence-corrected chi connectivity index (χ4v) is 2.62. The van der Waals surface area contributed by atoms with Gasteiger partial charge in [-0.25, -0.2) is 4.39 Å². The van der Waals surface area contributed by atoms with Crippen LogP contribution in [0.1, 0.15) is 32.1 Å². The molecule has 0 radical (unpaired) electrons. The molecule has 1 aromatic rings. The van der Waals surface area contributed by atoms with Gasteiger partial charge in [-0.05, 0) is 59.9 Å². The SMILES string of the molecule is Fc1ccc(OCCCNC2CCCC2)cc1Br. The number of nitrogens with one attached hydrogen (secondary N) is 1. The number of halogens is 2. The number of ether oxygens (including phenoxy) is 1. The van der Waals surface area contributed by atoms with Gasteiger partial charge in [0.1, 0.15) is 11.6 Å². The third-order valence-electron chi connectivity index (χ3n) is 3.27. The molecule has 1 saturated carbocycles. The molecule has 100 valence electrons. The third-order valence-corrected chi connectivity index (χ3v) is 3.88. The van der Waals surface area contributed by atoms with Crippen LogP contribution >= 0.6 is 15.9 Å². The predicted molar refractivity (Wildman–Crippen MR) is 74.5 cm³/mol. The second kappa shape index (κ2) is 7.10. The topological polar surface area (TPSA) is 21.3 Å². The molecule has 18 heavy (non-hydrogen) atoms. The summed E-state index contributed by atoms with van der Waals surface area (Å²) in [6.45, 7) is 1.66. The lowest BCUT2D eigenvalue weighted by Crippen LogP contribution is -2.27. The van der Waals surface area contributed by atoms with Gasteiger partial charge in [-0.2, -0.15) is 0 Å². The average molecular weight is 316 g/mol. The van der Waals surface area contributed by atoms with Gasteiger partial charge in [-0.3, -0.25) is 0 Å². The van der Waals surface area contributed by atoms with Crippen LogP contribution in [0.5, 0.6) is 5.75 Å². The summed E-state index contributed by atoms with van der Waals surface area (Å²) in [5.41, 5.74) is 0. The Labute approximate surface area is 116 Å². The first kappa shape index (κ1) is 13.8. The van der Waals surface area contributed by atoms with Crippen LogP contribution < -0.4 is 10.1 Å². The normalized spacial score (nSPS) is 16.1. The Morgan fingerprint density at radius 3 is 2.83 bits per heavy atom. The fourth-order valence-electron chi connectivity index (χ4n) is 2.26. The van der Waals surface area contributed by atoms with E-state index in [9.17, 15) is 4.39 Å². The number of hydrogen-bond donors (Lipinski definition) is 1. The Balaban J connectivity index is 1.61. The van der Waals surface area contributed by atoms with Crippen molar-refractivity contribution in [2.24, 2.45) is 0 Å². The van der Waals surface area contributed by atoms with Crippen LogP contribution in [0, 0.1) is 5.82 Å². The van der Waals surface area contributed by atoms with Crippen molar-refractivity contribution in [3.63, 3.8) is 0 Å². The number of benzene rings is 1. The molecule has 0 spiro atoms. The summed E-state index contributed by atoms with van der Waals surface area (Å²) in [6.07, 6.45) is 6.32. The molecule has 0 heterocycles. The van der Waals surface area contributed by atoms with Crippen LogP contribution in [-0.4, -0.2) is 19.2 Å². The van der Waals surface area contributed by atoms with Crippen LogP contribution in [0.25, 0.3) is 0 Å². The Bertz CT molecular complexity index is 380. The minimum atomic E-state index is -0.259. The largest absolute Gasteiger partial charge is 0.494 e. The highest BCUT2D eigenvalue weighted by Crippen LogP contribution is 2.21. The summed E-state index contributed by atoms with van der Waals surface area (Å²) < 4.78 is 19.0. The summed E-state index contributed by atoms with van der Waals surface area (Å²) >= 11 is 3.15. The highest BCUT2D eigenvalue weighted by molar-refractivity contribution is 9.10. The van der Waals surface area contributed by atoms with E-state index < -0.39 is 0 Å². The molecule has 0 atom stereocenters. The lowest BCUT2D eigenvalue weighted by Gasteiger charge is -2.12. The highest BCUT2D eigenvalue weighted by atomic mass is 79.9. The van der Waals surface area contributed by atoms with Crippen molar-refractivity contribution in [1.29, 1.82) is 0 Å². The van der Waals surface area contributed by atoms with E-state index in [-0.39, 0.29) is 5.82 Å². The second-order valence-electron chi connectivity index (χ2n) is 4.71. The molecule has 0 saturated heterocycles. The zero-order chi connectivity index (χ0) is 12.8. The number of rotatable bonds is 6. The van der Waals surface area contributed by atoms with Gasteiger partial charge in [0, 0.05) is 6.04 Å². The first-order chi connectivity index (χ1) is 8.75. The molecular formula is C14H19BrFNO. The van der Waals surface area contributed by atoms with E-state index in [0.717, 1.165) is 13.0 Å². The summed E-state index contributed by atoms with van der Waals surface area (Å²) in [7, 11) is 0. The molecule has 0 amide bonds. The lowest BCUT2D eigenvalue weighted by molar-refractivity contribution is 0.304. The van der Waals surface area contributed by atoms with Gasteiger partial charge < -0.3 is 10.1 Å². The summed E-state index contributed by atoms with van der Waals surface area (Å²) in [6, 6.07) is 5.45. The maximum absolute atomic E-state index is 13.0. The van der Waals surface area contributed by atoms with Gasteiger partial charge in [0.05, 0.1) is 11.1 Å². The van der Waals surface area contributed by atoms with Crippen LogP contribution in [0.2, 0.25) is 0 Å². The van der Waals surface area contributed by atoms with Crippen LogP contribution in [0.3, 0.4) is 0 Å². The summed E-state index contributed by atoms with van der Waals surface area (Å²) in [5.74, 6) is 0.453. The zero-order valence-corrected chi connectivity index (χ0v) is 12.0. The van der Waals surface area contributed by atoms with E-state index in [1.807, 2.05) is 0 Å². The first-order valence-electron chi connectivity index (χ1n) is 6.57. The Kier molecular flexibility index (Phi) is 5.45. The van der Waals surface area contributed by atoms with Gasteiger partial charge in [0.25, 0.3) is 0 Å². The molecule has 2 nitrogen and oxygen atoms in total. The van der Waals surface area contributed by atoms with Crippen molar-refractivity contribution in [2.75, 3.05) is 13.2 Å². The van der Waals surface area contributed by atoms with Gasteiger partial charge >= 0.3 is 0 Å². The van der Waals surface area contributed by atoms with Crippen molar-refractivity contribution in [1.82, 2.24) is 5.32 Å². The first-order valence-corrected chi connectivity index (χ1v) is 7.36. The van der Waals surface area contributed by atoms with Crippen molar-refractivity contribution in [2.45, 2.75) is 38.1 Å². The smallest absolute Gasteiger partial charge is 0.137 e. The van der Waals surface area contributed by atoms with Crippen LogP contribution in [0.15, 0.2) is 22.7 Å². The van der Waals surface area contributed by atoms with Crippen molar-refractivity contribution >= 4 is 15.9 Å². The maximum atomic E-state index is 13.0. The van der Waals surface area contributed by atoms with Crippen LogP contribution in [0.4, 0.5) is 4.39 Å². The average Bonchev–Trinajstić information content (AvgIpc) is 2.86. The van der Waals surface area contributed by atoms with E-state index in [0.29, 0.717) is 22.9 Å². The Hall–Kier alpha value is -0.610. The molecule has 0 bridgehead atoms. The fraction of sp³-hybridized carbons (Fsp3) is 0.571. The van der Waals surface area contributed by atoms with Crippen LogP contribution in [-0.2, 0) is 0 Å². The molecule has 0 aromatic heterocycles. The maximum Gasteiger partial charge on any atom is 0.137 e. The minimum Gasteiger partial charge on any atom is -0.494 e. The highest BCUT2D eigenvalue weighted by Gasteiger charge is 2.13. The molecule has 0 aliphatic heterocycles. The molecule has 1 aromatic carbocycles. The summed E-state index contributed by atoms with van der Waals surface area (Å²) in [4.78, 5) is 0. The second-order valence-corrected chi connectivity index (χ2v) is 5.57. The van der Waals surface area contributed by atoms with Gasteiger partial charge in [0.15, 0.2) is 0 Å². The van der Waals surface area contributed by atoms with Gasteiger partial charge in [-0.15, -0.1) is 0 Å². The third kappa shape index (κ3) is 4.25. The molecule has 4 heteroatoms. The van der Waals surface area contributed by atoms with E-state index in [2.05, 4.69) is 21.2 Å². The zero-order valence-electron chi connectivity index (χ0n) is 10.4. The van der Waals surface area contributed by atoms with E-state index in [4.69, 9.17) is 4.74 Å². The molecule has 1 fully saturated rings. The lowest BCUT2D eigenvalue weighted by atomic mass is 10.2. The quantitative estimate of drug-likeness (QED) is 0.804. The van der Waals surface area contributed by atoms with E-state index >= 15 is 0 Å². The summed E-state index contributed by atoms with van der Waals surface area (Å²) in [5, 5.41) is 3.54. The monoisotopic (exact) mass is 315 g/mol. The molecule has 1 aliphatic carbocycles. The Morgan fingerprint density at radius 1 is 1.33 bits per heavy atom. The molecule has 1 N–H and O–H groups in total. The van der Waals surface area contributed by atoms with E-state index in [1.54, 1.807) is 12.1 Å². The van der Waals surface area contributed by atoms with Crippen molar-refractivity contribution < 1.29 is 9.13 Å². The molecule has 1 aliphatic rings.